The monoisotopic (exact) mass is 218 g/mol. The van der Waals surface area contributed by atoms with Crippen LogP contribution in [0.4, 0.5) is 5.69 Å². The number of carbonyl (C=O) groups is 1. The molecule has 0 saturated heterocycles. The first-order chi connectivity index (χ1) is 7.67. The van der Waals surface area contributed by atoms with Crippen LogP contribution < -0.4 is 9.64 Å². The van der Waals surface area contributed by atoms with Gasteiger partial charge in [0.2, 0.25) is 5.88 Å². The van der Waals surface area contributed by atoms with E-state index in [-0.39, 0.29) is 0 Å². The van der Waals surface area contributed by atoms with Gasteiger partial charge in [-0.25, -0.2) is 0 Å². The van der Waals surface area contributed by atoms with E-state index < -0.39 is 0 Å². The van der Waals surface area contributed by atoms with Crippen molar-refractivity contribution in [2.45, 2.75) is 0 Å². The van der Waals surface area contributed by atoms with Crippen LogP contribution in [0.15, 0.2) is 18.2 Å². The third-order valence-electron chi connectivity index (χ3n) is 2.62. The van der Waals surface area contributed by atoms with Crippen LogP contribution in [-0.2, 0) is 0 Å². The first kappa shape index (κ1) is 10.5. The van der Waals surface area contributed by atoms with Gasteiger partial charge in [-0.05, 0) is 18.2 Å². The molecule has 1 aromatic heterocycles. The minimum absolute atomic E-state index is 0.515. The van der Waals surface area contributed by atoms with Crippen LogP contribution in [0.1, 0.15) is 10.4 Å². The van der Waals surface area contributed by atoms with Crippen molar-refractivity contribution in [3.63, 3.8) is 0 Å². The molecule has 0 spiro atoms. The second kappa shape index (κ2) is 3.89. The first-order valence-corrected chi connectivity index (χ1v) is 4.99. The van der Waals surface area contributed by atoms with E-state index >= 15 is 0 Å². The molecule has 0 amide bonds. The van der Waals surface area contributed by atoms with Crippen molar-refractivity contribution in [1.82, 2.24) is 4.98 Å². The number of benzene rings is 1. The molecule has 0 aliphatic heterocycles. The number of anilines is 1. The van der Waals surface area contributed by atoms with E-state index in [2.05, 4.69) is 4.98 Å². The predicted molar refractivity (Wildman–Crippen MR) is 64.6 cm³/mol. The lowest BCUT2D eigenvalue weighted by molar-refractivity contribution is 0.112. The van der Waals surface area contributed by atoms with Crippen LogP contribution >= 0.6 is 0 Å². The fraction of sp³-hybridized carbons (Fsp3) is 0.250. The Morgan fingerprint density at radius 3 is 2.69 bits per heavy atom. The molecule has 0 aliphatic carbocycles. The Morgan fingerprint density at radius 1 is 1.38 bits per heavy atom. The second-order valence-electron chi connectivity index (χ2n) is 3.81. The highest BCUT2D eigenvalue weighted by Crippen LogP contribution is 2.29. The van der Waals surface area contributed by atoms with Crippen molar-refractivity contribution in [2.75, 3.05) is 26.1 Å². The van der Waals surface area contributed by atoms with E-state index in [0.29, 0.717) is 11.4 Å². The Kier molecular flexibility index (Phi) is 2.56. The lowest BCUT2D eigenvalue weighted by Crippen LogP contribution is -2.07. The number of carbonyl (C=O) groups excluding carboxylic acids is 1. The molecule has 0 bridgehead atoms. The van der Waals surface area contributed by atoms with Crippen LogP contribution in [-0.4, -0.2) is 32.5 Å². The van der Waals surface area contributed by atoms with Gasteiger partial charge in [-0.3, -0.25) is 4.79 Å². The fourth-order valence-electron chi connectivity index (χ4n) is 1.73. The Balaban J connectivity index is 2.70. The van der Waals surface area contributed by atoms with E-state index in [1.807, 2.05) is 37.2 Å². The standard InChI is InChI=1S/C12H14N2O2/c1-14(2)8-4-5-11-9(6-8)10(7-15)12(13-11)16-3/h4-7,13H,1-3H3. The molecule has 0 radical (unpaired) electrons. The number of H-pyrrole nitrogens is 1. The summed E-state index contributed by atoms with van der Waals surface area (Å²) in [4.78, 5) is 16.1. The van der Waals surface area contributed by atoms with Gasteiger partial charge in [0.1, 0.15) is 0 Å². The van der Waals surface area contributed by atoms with Crippen LogP contribution in [0.2, 0.25) is 0 Å². The number of aldehydes is 1. The zero-order valence-corrected chi connectivity index (χ0v) is 9.57. The van der Waals surface area contributed by atoms with E-state index in [0.717, 1.165) is 22.9 Å². The van der Waals surface area contributed by atoms with E-state index in [1.54, 1.807) is 7.11 Å². The van der Waals surface area contributed by atoms with Gasteiger partial charge in [0.05, 0.1) is 12.7 Å². The molecule has 84 valence electrons. The van der Waals surface area contributed by atoms with E-state index in [9.17, 15) is 4.79 Å². The second-order valence-corrected chi connectivity index (χ2v) is 3.81. The van der Waals surface area contributed by atoms with Crippen LogP contribution in [0.25, 0.3) is 10.9 Å². The van der Waals surface area contributed by atoms with E-state index in [4.69, 9.17) is 4.74 Å². The minimum Gasteiger partial charge on any atom is -0.482 e. The fourth-order valence-corrected chi connectivity index (χ4v) is 1.73. The molecule has 0 saturated carbocycles. The zero-order valence-electron chi connectivity index (χ0n) is 9.57. The molecule has 0 atom stereocenters. The molecule has 4 nitrogen and oxygen atoms in total. The van der Waals surface area contributed by atoms with Gasteiger partial charge >= 0.3 is 0 Å². The van der Waals surface area contributed by atoms with Gasteiger partial charge in [-0.15, -0.1) is 0 Å². The zero-order chi connectivity index (χ0) is 11.7. The summed E-state index contributed by atoms with van der Waals surface area (Å²) in [5, 5.41) is 0.887. The lowest BCUT2D eigenvalue weighted by Gasteiger charge is -2.11. The number of hydrogen-bond donors (Lipinski definition) is 1. The van der Waals surface area contributed by atoms with Crippen molar-refractivity contribution < 1.29 is 9.53 Å². The van der Waals surface area contributed by atoms with Crippen LogP contribution in [0.3, 0.4) is 0 Å². The van der Waals surface area contributed by atoms with Gasteiger partial charge < -0.3 is 14.6 Å². The minimum atomic E-state index is 0.515. The van der Waals surface area contributed by atoms with Gasteiger partial charge in [-0.1, -0.05) is 0 Å². The van der Waals surface area contributed by atoms with Crippen molar-refractivity contribution >= 4 is 22.9 Å². The van der Waals surface area contributed by atoms with Crippen LogP contribution in [0, 0.1) is 0 Å². The van der Waals surface area contributed by atoms with Crippen molar-refractivity contribution in [2.24, 2.45) is 0 Å². The number of rotatable bonds is 3. The summed E-state index contributed by atoms with van der Waals surface area (Å²) in [6, 6.07) is 5.91. The SMILES string of the molecule is COc1[nH]c2ccc(N(C)C)cc2c1C=O. The molecule has 1 heterocycles. The number of methoxy groups -OCH3 is 1. The quantitative estimate of drug-likeness (QED) is 0.802. The van der Waals surface area contributed by atoms with Gasteiger partial charge in [0.25, 0.3) is 0 Å². The Labute approximate surface area is 93.8 Å². The molecule has 0 fully saturated rings. The number of aromatic nitrogens is 1. The number of nitrogens with one attached hydrogen (secondary N) is 1. The molecule has 2 aromatic rings. The normalized spacial score (nSPS) is 10.4. The molecule has 0 unspecified atom stereocenters. The highest BCUT2D eigenvalue weighted by Gasteiger charge is 2.11. The number of hydrogen-bond acceptors (Lipinski definition) is 3. The summed E-state index contributed by atoms with van der Waals surface area (Å²) in [6.45, 7) is 0. The molecule has 2 rings (SSSR count). The third-order valence-corrected chi connectivity index (χ3v) is 2.62. The maximum Gasteiger partial charge on any atom is 0.202 e. The largest absolute Gasteiger partial charge is 0.482 e. The summed E-state index contributed by atoms with van der Waals surface area (Å²) in [7, 11) is 5.47. The summed E-state index contributed by atoms with van der Waals surface area (Å²) in [5.74, 6) is 0.515. The maximum atomic E-state index is 11.0. The number of fused-ring (bicyclic) bond motifs is 1. The van der Waals surface area contributed by atoms with Crippen molar-refractivity contribution in [3.05, 3.63) is 23.8 Å². The number of aromatic amines is 1. The van der Waals surface area contributed by atoms with Gasteiger partial charge in [0.15, 0.2) is 6.29 Å². The molecule has 16 heavy (non-hydrogen) atoms. The Morgan fingerprint density at radius 2 is 2.12 bits per heavy atom. The molecular weight excluding hydrogens is 204 g/mol. The maximum absolute atomic E-state index is 11.0. The highest BCUT2D eigenvalue weighted by atomic mass is 16.5. The summed E-state index contributed by atoms with van der Waals surface area (Å²) in [6.07, 6.45) is 0.817. The number of ether oxygens (including phenoxy) is 1. The summed E-state index contributed by atoms with van der Waals surface area (Å²) < 4.78 is 5.12. The molecule has 1 aromatic carbocycles. The van der Waals surface area contributed by atoms with Gasteiger partial charge in [-0.2, -0.15) is 0 Å². The van der Waals surface area contributed by atoms with Crippen molar-refractivity contribution in [3.8, 4) is 5.88 Å². The first-order valence-electron chi connectivity index (χ1n) is 4.99. The molecule has 1 N–H and O–H groups in total. The Hall–Kier alpha value is -1.97. The predicted octanol–water partition coefficient (Wildman–Crippen LogP) is 2.05. The van der Waals surface area contributed by atoms with Gasteiger partial charge in [0, 0.05) is 30.7 Å². The molecule has 4 heteroatoms. The number of nitrogens with zero attached hydrogens (tertiary/aromatic N) is 1. The highest BCUT2D eigenvalue weighted by molar-refractivity contribution is 6.01. The molecular formula is C12H14N2O2. The van der Waals surface area contributed by atoms with Crippen LogP contribution in [0.5, 0.6) is 5.88 Å². The topological polar surface area (TPSA) is 45.3 Å². The Bertz CT molecular complexity index is 529. The molecule has 0 aliphatic rings. The summed E-state index contributed by atoms with van der Waals surface area (Å²) >= 11 is 0. The third kappa shape index (κ3) is 1.52. The smallest absolute Gasteiger partial charge is 0.202 e. The van der Waals surface area contributed by atoms with Crippen molar-refractivity contribution in [1.29, 1.82) is 0 Å². The summed E-state index contributed by atoms with van der Waals surface area (Å²) in [5.41, 5.74) is 2.53. The lowest BCUT2D eigenvalue weighted by atomic mass is 10.1. The van der Waals surface area contributed by atoms with E-state index in [1.165, 1.54) is 0 Å². The average Bonchev–Trinajstić information content (AvgIpc) is 2.65. The average molecular weight is 218 g/mol.